The largest absolute Gasteiger partial charge is 0.393 e. The van der Waals surface area contributed by atoms with Crippen LogP contribution in [-0.2, 0) is 0 Å². The SMILES string of the molecule is CN(C)c1ccc(-c2ccc(Nc3ncc(-c4ccccn4)c(NC4CCC(O)CC4)n3)cc2)cc1. The minimum Gasteiger partial charge on any atom is -0.393 e. The molecular formula is C29H32N6O. The number of aliphatic hydroxyl groups excluding tert-OH is 1. The predicted octanol–water partition coefficient (Wildman–Crippen LogP) is 5.73. The van der Waals surface area contributed by atoms with Gasteiger partial charge >= 0.3 is 0 Å². The van der Waals surface area contributed by atoms with E-state index in [9.17, 15) is 5.11 Å². The minimum absolute atomic E-state index is 0.199. The van der Waals surface area contributed by atoms with E-state index in [1.165, 1.54) is 11.3 Å². The molecular weight excluding hydrogens is 448 g/mol. The van der Waals surface area contributed by atoms with Crippen molar-refractivity contribution in [3.63, 3.8) is 0 Å². The Bertz CT molecular complexity index is 1270. The normalized spacial score (nSPS) is 17.4. The first-order valence-corrected chi connectivity index (χ1v) is 12.4. The lowest BCUT2D eigenvalue weighted by Crippen LogP contribution is -2.29. The molecule has 1 aliphatic carbocycles. The van der Waals surface area contributed by atoms with Crippen molar-refractivity contribution in [2.24, 2.45) is 0 Å². The first-order chi connectivity index (χ1) is 17.5. The number of aliphatic hydroxyl groups is 1. The average Bonchev–Trinajstić information content (AvgIpc) is 2.91. The zero-order valence-corrected chi connectivity index (χ0v) is 20.7. The highest BCUT2D eigenvalue weighted by molar-refractivity contribution is 5.74. The summed E-state index contributed by atoms with van der Waals surface area (Å²) in [5.74, 6) is 1.28. The molecule has 0 bridgehead atoms. The average molecular weight is 481 g/mol. The van der Waals surface area contributed by atoms with E-state index in [1.807, 2.05) is 50.6 Å². The van der Waals surface area contributed by atoms with Gasteiger partial charge in [-0.05, 0) is 73.2 Å². The maximum atomic E-state index is 9.88. The molecule has 7 heteroatoms. The summed E-state index contributed by atoms with van der Waals surface area (Å²) in [4.78, 5) is 16.0. The van der Waals surface area contributed by atoms with Crippen LogP contribution in [0.4, 0.5) is 23.1 Å². The lowest BCUT2D eigenvalue weighted by Gasteiger charge is -2.27. The van der Waals surface area contributed by atoms with Crippen LogP contribution in [0.15, 0.2) is 79.1 Å². The second kappa shape index (κ2) is 10.7. The molecule has 3 N–H and O–H groups in total. The number of hydrogen-bond acceptors (Lipinski definition) is 7. The number of nitrogens with zero attached hydrogens (tertiary/aromatic N) is 4. The maximum Gasteiger partial charge on any atom is 0.229 e. The molecule has 2 heterocycles. The third-order valence-corrected chi connectivity index (χ3v) is 6.63. The Hall–Kier alpha value is -3.97. The van der Waals surface area contributed by atoms with E-state index in [0.717, 1.165) is 54.0 Å². The first-order valence-electron chi connectivity index (χ1n) is 12.4. The van der Waals surface area contributed by atoms with E-state index >= 15 is 0 Å². The Kier molecular flexibility index (Phi) is 7.09. The fraction of sp³-hybridized carbons (Fsp3) is 0.276. The summed E-state index contributed by atoms with van der Waals surface area (Å²) >= 11 is 0. The number of benzene rings is 2. The van der Waals surface area contributed by atoms with Crippen LogP contribution in [0.5, 0.6) is 0 Å². The van der Waals surface area contributed by atoms with Gasteiger partial charge in [0.05, 0.1) is 17.4 Å². The number of anilines is 4. The Morgan fingerprint density at radius 1 is 0.833 bits per heavy atom. The van der Waals surface area contributed by atoms with Gasteiger partial charge in [-0.2, -0.15) is 4.98 Å². The third-order valence-electron chi connectivity index (χ3n) is 6.63. The van der Waals surface area contributed by atoms with Gasteiger partial charge in [-0.15, -0.1) is 0 Å². The van der Waals surface area contributed by atoms with Gasteiger partial charge in [0.1, 0.15) is 5.82 Å². The highest BCUT2D eigenvalue weighted by Gasteiger charge is 2.21. The van der Waals surface area contributed by atoms with Crippen molar-refractivity contribution in [2.45, 2.75) is 37.8 Å². The number of nitrogens with one attached hydrogen (secondary N) is 2. The highest BCUT2D eigenvalue weighted by Crippen LogP contribution is 2.30. The fourth-order valence-electron chi connectivity index (χ4n) is 4.50. The van der Waals surface area contributed by atoms with Crippen LogP contribution in [0, 0.1) is 0 Å². The number of rotatable bonds is 7. The van der Waals surface area contributed by atoms with Crippen molar-refractivity contribution < 1.29 is 5.11 Å². The van der Waals surface area contributed by atoms with Crippen molar-refractivity contribution in [3.8, 4) is 22.4 Å². The number of aromatic nitrogens is 3. The second-order valence-electron chi connectivity index (χ2n) is 9.46. The van der Waals surface area contributed by atoms with Crippen molar-refractivity contribution in [3.05, 3.63) is 79.1 Å². The van der Waals surface area contributed by atoms with Crippen molar-refractivity contribution in [2.75, 3.05) is 29.6 Å². The molecule has 1 saturated carbocycles. The van der Waals surface area contributed by atoms with Crippen LogP contribution in [0.1, 0.15) is 25.7 Å². The van der Waals surface area contributed by atoms with Gasteiger partial charge < -0.3 is 20.6 Å². The minimum atomic E-state index is -0.199. The molecule has 1 fully saturated rings. The summed E-state index contributed by atoms with van der Waals surface area (Å²) in [6, 6.07) is 22.9. The van der Waals surface area contributed by atoms with Crippen LogP contribution in [-0.4, -0.2) is 46.3 Å². The van der Waals surface area contributed by atoms with Crippen LogP contribution >= 0.6 is 0 Å². The van der Waals surface area contributed by atoms with E-state index in [2.05, 4.69) is 61.9 Å². The lowest BCUT2D eigenvalue weighted by molar-refractivity contribution is 0.126. The fourth-order valence-corrected chi connectivity index (χ4v) is 4.50. The molecule has 2 aromatic carbocycles. The number of hydrogen-bond donors (Lipinski definition) is 3. The Balaban J connectivity index is 1.35. The standard InChI is InChI=1S/C29H32N6O/c1-35(2)24-14-8-21(9-15-24)20-6-10-23(11-7-20)33-29-31-19-26(27-5-3-4-18-30-27)28(34-29)32-22-12-16-25(36)17-13-22/h3-11,14-15,18-19,22,25,36H,12-13,16-17H2,1-2H3,(H2,31,32,33,34). The van der Waals surface area contributed by atoms with E-state index in [4.69, 9.17) is 4.98 Å². The van der Waals surface area contributed by atoms with Gasteiger partial charge in [0.25, 0.3) is 0 Å². The van der Waals surface area contributed by atoms with Gasteiger partial charge in [-0.3, -0.25) is 4.98 Å². The van der Waals surface area contributed by atoms with E-state index in [-0.39, 0.29) is 12.1 Å². The molecule has 0 amide bonds. The summed E-state index contributed by atoms with van der Waals surface area (Å²) < 4.78 is 0. The zero-order valence-electron chi connectivity index (χ0n) is 20.7. The van der Waals surface area contributed by atoms with Crippen LogP contribution < -0.4 is 15.5 Å². The van der Waals surface area contributed by atoms with Crippen molar-refractivity contribution in [1.29, 1.82) is 0 Å². The van der Waals surface area contributed by atoms with Crippen molar-refractivity contribution >= 4 is 23.1 Å². The molecule has 0 radical (unpaired) electrons. The van der Waals surface area contributed by atoms with Gasteiger partial charge in [-0.1, -0.05) is 30.3 Å². The molecule has 0 spiro atoms. The maximum absolute atomic E-state index is 9.88. The topological polar surface area (TPSA) is 86.2 Å². The molecule has 0 saturated heterocycles. The van der Waals surface area contributed by atoms with Crippen LogP contribution in [0.25, 0.3) is 22.4 Å². The lowest BCUT2D eigenvalue weighted by atomic mass is 9.93. The van der Waals surface area contributed by atoms with Gasteiger partial charge in [0, 0.05) is 43.9 Å². The summed E-state index contributed by atoms with van der Waals surface area (Å²) in [7, 11) is 4.09. The molecule has 1 aliphatic rings. The third kappa shape index (κ3) is 5.63. The van der Waals surface area contributed by atoms with E-state index in [1.54, 1.807) is 6.20 Å². The summed E-state index contributed by atoms with van der Waals surface area (Å²) in [5.41, 5.74) is 6.11. The molecule has 5 rings (SSSR count). The zero-order chi connectivity index (χ0) is 24.9. The first kappa shape index (κ1) is 23.8. The molecule has 2 aromatic heterocycles. The summed E-state index contributed by atoms with van der Waals surface area (Å²) in [6.07, 6.45) is 6.82. The van der Waals surface area contributed by atoms with Gasteiger partial charge in [0.15, 0.2) is 0 Å². The molecule has 7 nitrogen and oxygen atoms in total. The highest BCUT2D eigenvalue weighted by atomic mass is 16.3. The molecule has 36 heavy (non-hydrogen) atoms. The molecule has 4 aromatic rings. The van der Waals surface area contributed by atoms with Crippen LogP contribution in [0.3, 0.4) is 0 Å². The quantitative estimate of drug-likeness (QED) is 0.311. The van der Waals surface area contributed by atoms with Crippen molar-refractivity contribution in [1.82, 2.24) is 15.0 Å². The summed E-state index contributed by atoms with van der Waals surface area (Å²) in [5, 5.41) is 16.8. The molecule has 0 aliphatic heterocycles. The van der Waals surface area contributed by atoms with E-state index in [0.29, 0.717) is 5.95 Å². The monoisotopic (exact) mass is 480 g/mol. The van der Waals surface area contributed by atoms with Gasteiger partial charge in [-0.25, -0.2) is 4.98 Å². The van der Waals surface area contributed by atoms with Crippen LogP contribution in [0.2, 0.25) is 0 Å². The second-order valence-corrected chi connectivity index (χ2v) is 9.46. The van der Waals surface area contributed by atoms with Gasteiger partial charge in [0.2, 0.25) is 5.95 Å². The predicted molar refractivity (Wildman–Crippen MR) is 147 cm³/mol. The Morgan fingerprint density at radius 3 is 2.17 bits per heavy atom. The Labute approximate surface area is 212 Å². The summed E-state index contributed by atoms with van der Waals surface area (Å²) in [6.45, 7) is 0. The Morgan fingerprint density at radius 2 is 1.53 bits per heavy atom. The molecule has 0 atom stereocenters. The molecule has 0 unspecified atom stereocenters. The smallest absolute Gasteiger partial charge is 0.229 e. The van der Waals surface area contributed by atoms with E-state index < -0.39 is 0 Å². The molecule has 184 valence electrons. The number of pyridine rings is 1.